The van der Waals surface area contributed by atoms with Gasteiger partial charge in [-0.1, -0.05) is 25.1 Å². The van der Waals surface area contributed by atoms with Gasteiger partial charge in [-0.15, -0.1) is 0 Å². The Bertz CT molecular complexity index is 1010. The summed E-state index contributed by atoms with van der Waals surface area (Å²) in [4.78, 5) is 23.9. The number of methoxy groups -OCH3 is 1. The van der Waals surface area contributed by atoms with Crippen LogP contribution in [0.25, 0.3) is 21.9 Å². The highest BCUT2D eigenvalue weighted by Gasteiger charge is 2.40. The third-order valence-electron chi connectivity index (χ3n) is 4.73. The molecule has 0 radical (unpaired) electrons. The highest BCUT2D eigenvalue weighted by atomic mass is 16.5. The summed E-state index contributed by atoms with van der Waals surface area (Å²) in [6.45, 7) is 1.67. The van der Waals surface area contributed by atoms with Crippen molar-refractivity contribution in [1.82, 2.24) is 0 Å². The maximum atomic E-state index is 12.1. The quantitative estimate of drug-likeness (QED) is 0.707. The van der Waals surface area contributed by atoms with E-state index in [4.69, 9.17) is 13.9 Å². The molecule has 1 aromatic heterocycles. The Morgan fingerprint density at radius 3 is 2.69 bits per heavy atom. The molecule has 1 aliphatic rings. The Hall–Kier alpha value is -3.02. The highest BCUT2D eigenvalue weighted by molar-refractivity contribution is 6.07. The van der Waals surface area contributed by atoms with Crippen molar-refractivity contribution in [2.75, 3.05) is 19.0 Å². The van der Waals surface area contributed by atoms with Crippen LogP contribution in [-0.4, -0.2) is 25.6 Å². The number of fused-ring (bicyclic) bond motifs is 3. The molecule has 0 unspecified atom stereocenters. The van der Waals surface area contributed by atoms with E-state index in [9.17, 15) is 9.59 Å². The summed E-state index contributed by atoms with van der Waals surface area (Å²) in [5.74, 6) is 0.0673. The van der Waals surface area contributed by atoms with E-state index in [1.807, 2.05) is 37.3 Å². The molecule has 0 aliphatic heterocycles. The zero-order valence-corrected chi connectivity index (χ0v) is 14.6. The normalized spacial score (nSPS) is 18.7. The van der Waals surface area contributed by atoms with Crippen LogP contribution in [0.15, 0.2) is 40.8 Å². The number of para-hydroxylation sites is 1. The topological polar surface area (TPSA) is 77.8 Å². The molecule has 2 atom stereocenters. The molecule has 1 saturated carbocycles. The monoisotopic (exact) mass is 353 g/mol. The molecule has 6 nitrogen and oxygen atoms in total. The van der Waals surface area contributed by atoms with Gasteiger partial charge in [0.1, 0.15) is 16.9 Å². The number of carbonyl (C=O) groups is 2. The number of nitrogens with one attached hydrogen (secondary N) is 1. The number of anilines is 1. The summed E-state index contributed by atoms with van der Waals surface area (Å²) >= 11 is 0. The number of amides is 1. The second-order valence-corrected chi connectivity index (χ2v) is 6.62. The Morgan fingerprint density at radius 1 is 1.19 bits per heavy atom. The summed E-state index contributed by atoms with van der Waals surface area (Å²) in [5, 5.41) is 4.61. The summed E-state index contributed by atoms with van der Waals surface area (Å²) in [6, 6.07) is 11.2. The molecule has 6 heteroatoms. The molecule has 1 N–H and O–H groups in total. The Balaban J connectivity index is 1.54. The highest BCUT2D eigenvalue weighted by Crippen LogP contribution is 2.39. The number of rotatable bonds is 5. The molecule has 1 aliphatic carbocycles. The lowest BCUT2D eigenvalue weighted by Crippen LogP contribution is -2.22. The molecular formula is C20H19NO5. The lowest BCUT2D eigenvalue weighted by Gasteiger charge is -2.10. The molecule has 1 amide bonds. The zero-order valence-electron chi connectivity index (χ0n) is 14.6. The van der Waals surface area contributed by atoms with Crippen LogP contribution in [0.3, 0.4) is 0 Å². The minimum absolute atomic E-state index is 0.0655. The van der Waals surface area contributed by atoms with E-state index in [0.717, 1.165) is 22.8 Å². The van der Waals surface area contributed by atoms with Crippen LogP contribution in [0.2, 0.25) is 0 Å². The SMILES string of the molecule is COc1cc2c(cc1NC(=O)COC(=O)[C@@H]1C[C@@H]1C)oc1ccccc12. The number of ether oxygens (including phenoxy) is 2. The van der Waals surface area contributed by atoms with Crippen LogP contribution < -0.4 is 10.1 Å². The van der Waals surface area contributed by atoms with E-state index in [-0.39, 0.29) is 18.5 Å². The largest absolute Gasteiger partial charge is 0.495 e. The minimum Gasteiger partial charge on any atom is -0.495 e. The standard InChI is InChI=1S/C20H19NO5/c1-11-7-13(11)20(23)25-10-19(22)21-15-9-17-14(8-18(15)24-2)12-5-3-4-6-16(12)26-17/h3-6,8-9,11,13H,7,10H2,1-2H3,(H,21,22)/t11-,13+/m0/s1. The number of hydrogen-bond acceptors (Lipinski definition) is 5. The van der Waals surface area contributed by atoms with E-state index in [1.54, 1.807) is 6.07 Å². The number of hydrogen-bond donors (Lipinski definition) is 1. The zero-order chi connectivity index (χ0) is 18.3. The number of esters is 1. The first-order chi connectivity index (χ1) is 12.6. The van der Waals surface area contributed by atoms with Gasteiger partial charge in [-0.3, -0.25) is 9.59 Å². The van der Waals surface area contributed by atoms with Crippen LogP contribution >= 0.6 is 0 Å². The minimum atomic E-state index is -0.416. The van der Waals surface area contributed by atoms with Gasteiger partial charge in [0.2, 0.25) is 0 Å². The van der Waals surface area contributed by atoms with Crippen molar-refractivity contribution >= 4 is 39.5 Å². The van der Waals surface area contributed by atoms with Gasteiger partial charge in [0.05, 0.1) is 18.7 Å². The van der Waals surface area contributed by atoms with Crippen LogP contribution in [-0.2, 0) is 14.3 Å². The van der Waals surface area contributed by atoms with Gasteiger partial charge in [0, 0.05) is 16.8 Å². The van der Waals surface area contributed by atoms with Crippen LogP contribution in [0.5, 0.6) is 5.75 Å². The smallest absolute Gasteiger partial charge is 0.309 e. The van der Waals surface area contributed by atoms with Crippen LogP contribution in [0, 0.1) is 11.8 Å². The Labute approximate surface area is 150 Å². The molecule has 0 saturated heterocycles. The van der Waals surface area contributed by atoms with Crippen molar-refractivity contribution in [1.29, 1.82) is 0 Å². The molecule has 4 rings (SSSR count). The average Bonchev–Trinajstić information content (AvgIpc) is 3.26. The van der Waals surface area contributed by atoms with E-state index >= 15 is 0 Å². The van der Waals surface area contributed by atoms with Crippen molar-refractivity contribution in [2.24, 2.45) is 11.8 Å². The van der Waals surface area contributed by atoms with Crippen molar-refractivity contribution in [3.05, 3.63) is 36.4 Å². The number of furan rings is 1. The average molecular weight is 353 g/mol. The van der Waals surface area contributed by atoms with Gasteiger partial charge >= 0.3 is 5.97 Å². The van der Waals surface area contributed by atoms with Gasteiger partial charge in [0.15, 0.2) is 6.61 Å². The number of benzene rings is 2. The van der Waals surface area contributed by atoms with Crippen molar-refractivity contribution in [3.63, 3.8) is 0 Å². The predicted octanol–water partition coefficient (Wildman–Crippen LogP) is 3.73. The summed E-state index contributed by atoms with van der Waals surface area (Å²) in [5.41, 5.74) is 1.88. The van der Waals surface area contributed by atoms with E-state index < -0.39 is 5.91 Å². The number of carbonyl (C=O) groups excluding carboxylic acids is 2. The van der Waals surface area contributed by atoms with Crippen LogP contribution in [0.4, 0.5) is 5.69 Å². The first-order valence-electron chi connectivity index (χ1n) is 8.52. The maximum absolute atomic E-state index is 12.1. The fraction of sp³-hybridized carbons (Fsp3) is 0.300. The van der Waals surface area contributed by atoms with Gasteiger partial charge < -0.3 is 19.2 Å². The predicted molar refractivity (Wildman–Crippen MR) is 97.1 cm³/mol. The summed E-state index contributed by atoms with van der Waals surface area (Å²) < 4.78 is 16.3. The molecular weight excluding hydrogens is 334 g/mol. The third kappa shape index (κ3) is 2.98. The Morgan fingerprint density at radius 2 is 1.96 bits per heavy atom. The third-order valence-corrected chi connectivity index (χ3v) is 4.73. The molecule has 26 heavy (non-hydrogen) atoms. The molecule has 1 fully saturated rings. The van der Waals surface area contributed by atoms with Gasteiger partial charge in [-0.2, -0.15) is 0 Å². The van der Waals surface area contributed by atoms with Gasteiger partial charge in [-0.05, 0) is 24.5 Å². The second-order valence-electron chi connectivity index (χ2n) is 6.62. The molecule has 0 spiro atoms. The van der Waals surface area contributed by atoms with Crippen LogP contribution in [0.1, 0.15) is 13.3 Å². The fourth-order valence-corrected chi connectivity index (χ4v) is 3.10. The summed E-state index contributed by atoms with van der Waals surface area (Å²) in [7, 11) is 1.54. The second kappa shape index (κ2) is 6.37. The van der Waals surface area contributed by atoms with E-state index in [2.05, 4.69) is 5.32 Å². The van der Waals surface area contributed by atoms with Crippen molar-refractivity contribution in [2.45, 2.75) is 13.3 Å². The molecule has 2 aromatic carbocycles. The maximum Gasteiger partial charge on any atom is 0.309 e. The Kier molecular flexibility index (Phi) is 4.03. The summed E-state index contributed by atoms with van der Waals surface area (Å²) in [6.07, 6.45) is 0.830. The molecule has 134 valence electrons. The first-order valence-corrected chi connectivity index (χ1v) is 8.52. The lowest BCUT2D eigenvalue weighted by molar-refractivity contribution is -0.148. The van der Waals surface area contributed by atoms with Crippen molar-refractivity contribution in [3.8, 4) is 5.75 Å². The molecule has 0 bridgehead atoms. The molecule has 3 aromatic rings. The molecule has 1 heterocycles. The van der Waals surface area contributed by atoms with Gasteiger partial charge in [0.25, 0.3) is 5.91 Å². The fourth-order valence-electron chi connectivity index (χ4n) is 3.10. The first kappa shape index (κ1) is 16.4. The lowest BCUT2D eigenvalue weighted by atomic mass is 10.1. The van der Waals surface area contributed by atoms with E-state index in [0.29, 0.717) is 22.9 Å². The van der Waals surface area contributed by atoms with E-state index in [1.165, 1.54) is 7.11 Å². The van der Waals surface area contributed by atoms with Crippen molar-refractivity contribution < 1.29 is 23.5 Å². The van der Waals surface area contributed by atoms with Gasteiger partial charge in [-0.25, -0.2) is 0 Å².